The first-order valence-electron chi connectivity index (χ1n) is 13.5. The number of esters is 1. The summed E-state index contributed by atoms with van der Waals surface area (Å²) >= 11 is 0. The van der Waals surface area contributed by atoms with E-state index in [2.05, 4.69) is 70.2 Å². The molecular weight excluding hydrogens is 456 g/mol. The second kappa shape index (κ2) is 11.9. The molecule has 3 aromatic rings. The minimum atomic E-state index is -0.748. The molecule has 0 aliphatic heterocycles. The van der Waals surface area contributed by atoms with Gasteiger partial charge in [0.15, 0.2) is 0 Å². The topological polar surface area (TPSA) is 46.5 Å². The molecule has 0 unspecified atom stereocenters. The zero-order valence-corrected chi connectivity index (χ0v) is 23.5. The summed E-state index contributed by atoms with van der Waals surface area (Å²) < 4.78 is 5.18. The van der Waals surface area contributed by atoms with Crippen molar-refractivity contribution < 1.29 is 14.6 Å². The van der Waals surface area contributed by atoms with E-state index < -0.39 is 5.60 Å². The van der Waals surface area contributed by atoms with Gasteiger partial charge in [0.25, 0.3) is 0 Å². The minimum absolute atomic E-state index is 0.0803. The largest absolute Gasteiger partial charge is 0.427 e. The molecule has 0 bridgehead atoms. The van der Waals surface area contributed by atoms with Gasteiger partial charge in [-0.3, -0.25) is 4.79 Å². The SMILES string of the molecule is CCC(O)(/C=C/c1ccc(C(CC)(CC)c2ccc(-c3ccc(OC(C)=O)cc3)c(C)c2)cc1C)CC. The van der Waals surface area contributed by atoms with Gasteiger partial charge < -0.3 is 9.84 Å². The van der Waals surface area contributed by atoms with Crippen LogP contribution in [0.15, 0.2) is 66.7 Å². The molecule has 3 nitrogen and oxygen atoms in total. The summed E-state index contributed by atoms with van der Waals surface area (Å²) in [5.74, 6) is 0.246. The van der Waals surface area contributed by atoms with Gasteiger partial charge in [0, 0.05) is 12.3 Å². The summed E-state index contributed by atoms with van der Waals surface area (Å²) in [6, 6.07) is 21.3. The molecule has 196 valence electrons. The molecule has 0 amide bonds. The molecular formula is C34H42O3. The summed E-state index contributed by atoms with van der Waals surface area (Å²) in [4.78, 5) is 11.2. The summed E-state index contributed by atoms with van der Waals surface area (Å²) in [5.41, 5.74) is 7.68. The first kappa shape index (κ1) is 28.4. The number of ether oxygens (including phenoxy) is 1. The Hall–Kier alpha value is -3.17. The second-order valence-corrected chi connectivity index (χ2v) is 10.2. The van der Waals surface area contributed by atoms with E-state index in [1.165, 1.54) is 34.7 Å². The fourth-order valence-corrected chi connectivity index (χ4v) is 5.28. The molecule has 0 atom stereocenters. The zero-order chi connectivity index (χ0) is 27.2. The Morgan fingerprint density at radius 1 is 0.811 bits per heavy atom. The smallest absolute Gasteiger partial charge is 0.308 e. The van der Waals surface area contributed by atoms with Crippen LogP contribution in [0.2, 0.25) is 0 Å². The van der Waals surface area contributed by atoms with E-state index >= 15 is 0 Å². The van der Waals surface area contributed by atoms with Crippen molar-refractivity contribution in [2.75, 3.05) is 0 Å². The summed E-state index contributed by atoms with van der Waals surface area (Å²) in [6.45, 7) is 14.3. The molecule has 0 radical (unpaired) electrons. The molecule has 0 heterocycles. The summed E-state index contributed by atoms with van der Waals surface area (Å²) in [7, 11) is 0. The number of benzene rings is 3. The maximum Gasteiger partial charge on any atom is 0.308 e. The van der Waals surface area contributed by atoms with Crippen LogP contribution < -0.4 is 4.74 Å². The maximum absolute atomic E-state index is 11.2. The molecule has 0 spiro atoms. The Morgan fingerprint density at radius 2 is 1.38 bits per heavy atom. The van der Waals surface area contributed by atoms with Gasteiger partial charge in [-0.05, 0) is 90.6 Å². The van der Waals surface area contributed by atoms with Gasteiger partial charge >= 0.3 is 5.97 Å². The fourth-order valence-electron chi connectivity index (χ4n) is 5.28. The number of carbonyl (C=O) groups excluding carboxylic acids is 1. The minimum Gasteiger partial charge on any atom is -0.427 e. The summed E-state index contributed by atoms with van der Waals surface area (Å²) in [6.07, 6.45) is 7.42. The Kier molecular flexibility index (Phi) is 9.15. The predicted molar refractivity (Wildman–Crippen MR) is 155 cm³/mol. The molecule has 0 aromatic heterocycles. The second-order valence-electron chi connectivity index (χ2n) is 10.2. The van der Waals surface area contributed by atoms with Crippen LogP contribution in [0.5, 0.6) is 5.75 Å². The van der Waals surface area contributed by atoms with Gasteiger partial charge in [-0.2, -0.15) is 0 Å². The van der Waals surface area contributed by atoms with Crippen molar-refractivity contribution in [1.29, 1.82) is 0 Å². The molecule has 3 rings (SSSR count). The lowest BCUT2D eigenvalue weighted by Crippen LogP contribution is -2.26. The van der Waals surface area contributed by atoms with E-state index in [1.54, 1.807) is 0 Å². The third-order valence-corrected chi connectivity index (χ3v) is 8.03. The van der Waals surface area contributed by atoms with Crippen molar-refractivity contribution >= 4 is 12.0 Å². The third kappa shape index (κ3) is 6.22. The van der Waals surface area contributed by atoms with Gasteiger partial charge in [-0.15, -0.1) is 0 Å². The predicted octanol–water partition coefficient (Wildman–Crippen LogP) is 8.57. The lowest BCUT2D eigenvalue weighted by atomic mass is 9.69. The Bertz CT molecular complexity index is 1240. The highest BCUT2D eigenvalue weighted by molar-refractivity contribution is 5.71. The van der Waals surface area contributed by atoms with E-state index in [0.29, 0.717) is 18.6 Å². The molecule has 0 aliphatic carbocycles. The molecule has 3 heteroatoms. The Morgan fingerprint density at radius 3 is 1.86 bits per heavy atom. The van der Waals surface area contributed by atoms with Crippen LogP contribution in [-0.2, 0) is 10.2 Å². The maximum atomic E-state index is 11.2. The van der Waals surface area contributed by atoms with Gasteiger partial charge in [0.1, 0.15) is 5.75 Å². The standard InChI is InChI=1S/C34H42O3/c1-8-33(36,9-2)21-20-27-12-15-29(22-24(27)5)34(10-3,11-4)30-16-19-32(25(6)23-30)28-13-17-31(18-14-28)37-26(7)35/h12-23,36H,8-11H2,1-7H3/b21-20+. The quantitative estimate of drug-likeness (QED) is 0.225. The highest BCUT2D eigenvalue weighted by Crippen LogP contribution is 2.41. The van der Waals surface area contributed by atoms with E-state index in [0.717, 1.165) is 24.0 Å². The Labute approximate surface area is 223 Å². The van der Waals surface area contributed by atoms with Crippen LogP contribution in [-0.4, -0.2) is 16.7 Å². The monoisotopic (exact) mass is 498 g/mol. The molecule has 37 heavy (non-hydrogen) atoms. The first-order valence-corrected chi connectivity index (χ1v) is 13.5. The number of aliphatic hydroxyl groups is 1. The third-order valence-electron chi connectivity index (χ3n) is 8.03. The van der Waals surface area contributed by atoms with Crippen LogP contribution in [0.4, 0.5) is 0 Å². The highest BCUT2D eigenvalue weighted by atomic mass is 16.5. The number of hydrogen-bond acceptors (Lipinski definition) is 3. The van der Waals surface area contributed by atoms with Crippen molar-refractivity contribution in [3.05, 3.63) is 94.6 Å². The number of rotatable bonds is 10. The van der Waals surface area contributed by atoms with Gasteiger partial charge in [0.2, 0.25) is 0 Å². The number of carbonyl (C=O) groups is 1. The van der Waals surface area contributed by atoms with Crippen molar-refractivity contribution in [3.63, 3.8) is 0 Å². The fraction of sp³-hybridized carbons (Fsp3) is 0.382. The Balaban J connectivity index is 1.96. The van der Waals surface area contributed by atoms with Gasteiger partial charge in [0.05, 0.1) is 5.60 Å². The average Bonchev–Trinajstić information content (AvgIpc) is 2.89. The molecule has 0 fully saturated rings. The van der Waals surface area contributed by atoms with E-state index in [9.17, 15) is 9.90 Å². The molecule has 1 N–H and O–H groups in total. The summed E-state index contributed by atoms with van der Waals surface area (Å²) in [5, 5.41) is 10.7. The van der Waals surface area contributed by atoms with Crippen LogP contribution in [0.25, 0.3) is 17.2 Å². The highest BCUT2D eigenvalue weighted by Gasteiger charge is 2.31. The van der Waals surface area contributed by atoms with Crippen molar-refractivity contribution in [3.8, 4) is 16.9 Å². The van der Waals surface area contributed by atoms with Gasteiger partial charge in [-0.1, -0.05) is 88.4 Å². The lowest BCUT2D eigenvalue weighted by molar-refractivity contribution is -0.131. The zero-order valence-electron chi connectivity index (χ0n) is 23.5. The van der Waals surface area contributed by atoms with Crippen molar-refractivity contribution in [1.82, 2.24) is 0 Å². The average molecular weight is 499 g/mol. The molecule has 0 aliphatic rings. The number of aryl methyl sites for hydroxylation is 2. The van der Waals surface area contributed by atoms with Crippen LogP contribution in [0, 0.1) is 13.8 Å². The molecule has 0 saturated carbocycles. The van der Waals surface area contributed by atoms with E-state index in [4.69, 9.17) is 4.74 Å². The number of hydrogen-bond donors (Lipinski definition) is 1. The van der Waals surface area contributed by atoms with E-state index in [-0.39, 0.29) is 11.4 Å². The molecule has 3 aromatic carbocycles. The van der Waals surface area contributed by atoms with Crippen molar-refractivity contribution in [2.24, 2.45) is 0 Å². The lowest BCUT2D eigenvalue weighted by Gasteiger charge is -2.34. The van der Waals surface area contributed by atoms with Gasteiger partial charge in [-0.25, -0.2) is 0 Å². The van der Waals surface area contributed by atoms with Crippen LogP contribution in [0.1, 0.15) is 88.1 Å². The van der Waals surface area contributed by atoms with E-state index in [1.807, 2.05) is 44.2 Å². The van der Waals surface area contributed by atoms with Crippen molar-refractivity contribution in [2.45, 2.75) is 85.2 Å². The van der Waals surface area contributed by atoms with Crippen LogP contribution >= 0.6 is 0 Å². The first-order chi connectivity index (χ1) is 17.6. The van der Waals surface area contributed by atoms with Crippen LogP contribution in [0.3, 0.4) is 0 Å². The normalized spacial score (nSPS) is 12.2. The molecule has 0 saturated heterocycles.